The molecule has 7 heteroatoms. The van der Waals surface area contributed by atoms with Crippen LogP contribution in [0.15, 0.2) is 18.2 Å². The summed E-state index contributed by atoms with van der Waals surface area (Å²) in [7, 11) is -0.308. The molecule has 0 saturated heterocycles. The number of hydrogen-bond donors (Lipinski definition) is 1. The van der Waals surface area contributed by atoms with Crippen molar-refractivity contribution in [2.24, 2.45) is 0 Å². The first-order valence-electron chi connectivity index (χ1n) is 6.58. The van der Waals surface area contributed by atoms with Crippen LogP contribution in [0.25, 0.3) is 0 Å². The number of nitrogens with one attached hydrogen (secondary N) is 1. The van der Waals surface area contributed by atoms with Gasteiger partial charge in [-0.3, -0.25) is 4.79 Å². The first-order valence-corrected chi connectivity index (χ1v) is 8.40. The van der Waals surface area contributed by atoms with E-state index in [0.29, 0.717) is 17.9 Å². The van der Waals surface area contributed by atoms with Crippen molar-refractivity contribution in [3.8, 4) is 5.75 Å². The molecular formula is C14H21NO5S. The van der Waals surface area contributed by atoms with Crippen LogP contribution in [0.1, 0.15) is 18.1 Å². The third-order valence-corrected chi connectivity index (χ3v) is 4.17. The Morgan fingerprint density at radius 2 is 2.05 bits per heavy atom. The van der Waals surface area contributed by atoms with E-state index >= 15 is 0 Å². The van der Waals surface area contributed by atoms with Crippen LogP contribution in [0, 0.1) is 0 Å². The standard InChI is InChI=1S/C14H21NO5S/c1-4-20-14(16)10-21(17,18)9-12-7-11(8-15-2)5-6-13(12)19-3/h5-7,15H,4,8-10H2,1-3H3. The fourth-order valence-corrected chi connectivity index (χ4v) is 3.17. The van der Waals surface area contributed by atoms with Gasteiger partial charge in [-0.25, -0.2) is 8.42 Å². The Bertz CT molecular complexity index is 583. The van der Waals surface area contributed by atoms with E-state index in [-0.39, 0.29) is 12.4 Å². The minimum atomic E-state index is -3.60. The maximum atomic E-state index is 12.1. The number of benzene rings is 1. The average Bonchev–Trinajstić information content (AvgIpc) is 2.38. The minimum absolute atomic E-state index is 0.162. The molecule has 0 unspecified atom stereocenters. The molecule has 1 N–H and O–H groups in total. The van der Waals surface area contributed by atoms with Gasteiger partial charge in [0.15, 0.2) is 9.84 Å². The minimum Gasteiger partial charge on any atom is -0.496 e. The average molecular weight is 315 g/mol. The predicted octanol–water partition coefficient (Wildman–Crippen LogP) is 0.892. The lowest BCUT2D eigenvalue weighted by Gasteiger charge is -2.11. The zero-order chi connectivity index (χ0) is 15.9. The van der Waals surface area contributed by atoms with Gasteiger partial charge >= 0.3 is 5.97 Å². The van der Waals surface area contributed by atoms with E-state index in [2.05, 4.69) is 10.1 Å². The Hall–Kier alpha value is -1.60. The lowest BCUT2D eigenvalue weighted by atomic mass is 10.1. The van der Waals surface area contributed by atoms with E-state index in [0.717, 1.165) is 5.56 Å². The van der Waals surface area contributed by atoms with Gasteiger partial charge in [-0.1, -0.05) is 6.07 Å². The highest BCUT2D eigenvalue weighted by molar-refractivity contribution is 7.91. The monoisotopic (exact) mass is 315 g/mol. The lowest BCUT2D eigenvalue weighted by Crippen LogP contribution is -2.20. The van der Waals surface area contributed by atoms with Crippen molar-refractivity contribution in [1.29, 1.82) is 0 Å². The van der Waals surface area contributed by atoms with E-state index in [1.54, 1.807) is 26.1 Å². The quantitative estimate of drug-likeness (QED) is 0.718. The number of rotatable bonds is 8. The predicted molar refractivity (Wildman–Crippen MR) is 79.9 cm³/mol. The fraction of sp³-hybridized carbons (Fsp3) is 0.500. The van der Waals surface area contributed by atoms with Crippen LogP contribution in [0.4, 0.5) is 0 Å². The molecule has 6 nitrogen and oxygen atoms in total. The molecule has 0 aliphatic rings. The van der Waals surface area contributed by atoms with Gasteiger partial charge in [0.25, 0.3) is 0 Å². The van der Waals surface area contributed by atoms with Crippen LogP contribution in [0.2, 0.25) is 0 Å². The highest BCUT2D eigenvalue weighted by Crippen LogP contribution is 2.22. The maximum absolute atomic E-state index is 12.1. The topological polar surface area (TPSA) is 81.7 Å². The van der Waals surface area contributed by atoms with Gasteiger partial charge < -0.3 is 14.8 Å². The largest absolute Gasteiger partial charge is 0.496 e. The molecule has 21 heavy (non-hydrogen) atoms. The Kier molecular flexibility index (Phi) is 6.64. The van der Waals surface area contributed by atoms with Crippen molar-refractivity contribution in [3.63, 3.8) is 0 Å². The zero-order valence-electron chi connectivity index (χ0n) is 12.5. The summed E-state index contributed by atoms with van der Waals surface area (Å²) in [6.07, 6.45) is 0. The molecule has 0 radical (unpaired) electrons. The number of carbonyl (C=O) groups is 1. The highest BCUT2D eigenvalue weighted by Gasteiger charge is 2.20. The Balaban J connectivity index is 2.93. The van der Waals surface area contributed by atoms with Gasteiger partial charge in [0.2, 0.25) is 0 Å². The van der Waals surface area contributed by atoms with Crippen LogP contribution < -0.4 is 10.1 Å². The molecule has 118 valence electrons. The SMILES string of the molecule is CCOC(=O)CS(=O)(=O)Cc1cc(CNC)ccc1OC. The second kappa shape index (κ2) is 7.99. The van der Waals surface area contributed by atoms with Crippen molar-refractivity contribution in [2.45, 2.75) is 19.2 Å². The third-order valence-electron chi connectivity index (χ3n) is 2.74. The van der Waals surface area contributed by atoms with E-state index in [9.17, 15) is 13.2 Å². The normalized spacial score (nSPS) is 11.2. The van der Waals surface area contributed by atoms with Gasteiger partial charge in [-0.05, 0) is 31.7 Å². The molecule has 0 aliphatic heterocycles. The highest BCUT2D eigenvalue weighted by atomic mass is 32.2. The molecule has 0 spiro atoms. The van der Waals surface area contributed by atoms with Crippen LogP contribution in [-0.2, 0) is 31.7 Å². The van der Waals surface area contributed by atoms with Crippen molar-refractivity contribution >= 4 is 15.8 Å². The van der Waals surface area contributed by atoms with Gasteiger partial charge in [0, 0.05) is 12.1 Å². The number of ether oxygens (including phenoxy) is 2. The van der Waals surface area contributed by atoms with Gasteiger partial charge in [0.1, 0.15) is 11.5 Å². The first-order chi connectivity index (χ1) is 9.91. The van der Waals surface area contributed by atoms with E-state index in [1.165, 1.54) is 7.11 Å². The maximum Gasteiger partial charge on any atom is 0.321 e. The molecular weight excluding hydrogens is 294 g/mol. The lowest BCUT2D eigenvalue weighted by molar-refractivity contribution is -0.139. The first kappa shape index (κ1) is 17.5. The molecule has 0 amide bonds. The molecule has 0 fully saturated rings. The zero-order valence-corrected chi connectivity index (χ0v) is 13.3. The summed E-state index contributed by atoms with van der Waals surface area (Å²) in [6, 6.07) is 5.34. The van der Waals surface area contributed by atoms with Crippen LogP contribution in [0.5, 0.6) is 5.75 Å². The Morgan fingerprint density at radius 1 is 1.33 bits per heavy atom. The van der Waals surface area contributed by atoms with Gasteiger partial charge in [-0.2, -0.15) is 0 Å². The molecule has 0 aliphatic carbocycles. The summed E-state index contributed by atoms with van der Waals surface area (Å²) in [5.41, 5.74) is 1.48. The van der Waals surface area contributed by atoms with Crippen molar-refractivity contribution in [3.05, 3.63) is 29.3 Å². The summed E-state index contributed by atoms with van der Waals surface area (Å²) in [4.78, 5) is 11.3. The second-order valence-electron chi connectivity index (χ2n) is 4.51. The molecule has 1 rings (SSSR count). The molecule has 0 bridgehead atoms. The fourth-order valence-electron chi connectivity index (χ4n) is 1.93. The Morgan fingerprint density at radius 3 is 2.62 bits per heavy atom. The molecule has 0 heterocycles. The van der Waals surface area contributed by atoms with Crippen molar-refractivity contribution in [2.75, 3.05) is 26.5 Å². The summed E-state index contributed by atoms with van der Waals surface area (Å²) in [6.45, 7) is 2.42. The molecule has 1 aromatic carbocycles. The van der Waals surface area contributed by atoms with Crippen LogP contribution in [0.3, 0.4) is 0 Å². The van der Waals surface area contributed by atoms with E-state index in [1.807, 2.05) is 6.07 Å². The third kappa shape index (κ3) is 5.73. The number of esters is 1. The number of methoxy groups -OCH3 is 1. The summed E-state index contributed by atoms with van der Waals surface area (Å²) >= 11 is 0. The summed E-state index contributed by atoms with van der Waals surface area (Å²) < 4.78 is 34.0. The molecule has 1 aromatic rings. The van der Waals surface area contributed by atoms with Crippen molar-refractivity contribution < 1.29 is 22.7 Å². The van der Waals surface area contributed by atoms with Gasteiger partial charge in [0.05, 0.1) is 19.5 Å². The van der Waals surface area contributed by atoms with Crippen molar-refractivity contribution in [1.82, 2.24) is 5.32 Å². The second-order valence-corrected chi connectivity index (χ2v) is 6.58. The van der Waals surface area contributed by atoms with E-state index < -0.39 is 21.6 Å². The molecule has 0 saturated carbocycles. The number of hydrogen-bond acceptors (Lipinski definition) is 6. The molecule has 0 atom stereocenters. The number of sulfone groups is 1. The summed E-state index contributed by atoms with van der Waals surface area (Å²) in [5.74, 6) is -1.13. The van der Waals surface area contributed by atoms with Gasteiger partial charge in [-0.15, -0.1) is 0 Å². The van der Waals surface area contributed by atoms with E-state index in [4.69, 9.17) is 4.74 Å². The van der Waals surface area contributed by atoms with Crippen LogP contribution >= 0.6 is 0 Å². The Labute approximate surface area is 125 Å². The number of carbonyl (C=O) groups excluding carboxylic acids is 1. The summed E-state index contributed by atoms with van der Waals surface area (Å²) in [5, 5.41) is 3.00. The van der Waals surface area contributed by atoms with Crippen LogP contribution in [-0.4, -0.2) is 40.9 Å². The smallest absolute Gasteiger partial charge is 0.321 e. The molecule has 0 aromatic heterocycles.